The Morgan fingerprint density at radius 1 is 0.453 bits per heavy atom. The van der Waals surface area contributed by atoms with Crippen LogP contribution >= 0.6 is 11.3 Å². The zero-order valence-electron chi connectivity index (χ0n) is 34.1. The van der Waals surface area contributed by atoms with E-state index < -0.39 is 0 Å². The van der Waals surface area contributed by atoms with E-state index in [1.165, 1.54) is 87.7 Å². The fourth-order valence-electron chi connectivity index (χ4n) is 8.35. The molecule has 0 atom stereocenters. The third-order valence-corrected chi connectivity index (χ3v) is 12.7. The molecule has 8 rings (SSSR count). The van der Waals surface area contributed by atoms with Crippen molar-refractivity contribution in [3.63, 3.8) is 0 Å². The van der Waals surface area contributed by atoms with E-state index in [2.05, 4.69) is 197 Å². The van der Waals surface area contributed by atoms with Gasteiger partial charge in [-0.05, 0) is 127 Å². The first-order valence-electron chi connectivity index (χ1n) is 19.4. The number of anilines is 6. The first-order chi connectivity index (χ1) is 24.7. The third-order valence-electron chi connectivity index (χ3n) is 11.5. The summed E-state index contributed by atoms with van der Waals surface area (Å²) >= 11 is 1.95. The number of nitrogens with zero attached hydrogens (tertiary/aromatic N) is 2. The Labute approximate surface area is 323 Å². The number of hydrogen-bond acceptors (Lipinski definition) is 3. The molecule has 0 amide bonds. The lowest BCUT2D eigenvalue weighted by atomic mass is 9.33. The average molecular weight is 715 g/mol. The molecule has 0 bridgehead atoms. The SMILES string of the molecule is Cc1cc2c3c(c1)N(c1ccc(C(C)(C)C)cc1)c1sc4ccc(C(C)(C)C)cc4c1B3c1cc(C(C)(C)C)ccc1N2c1ccc(C(C)(C)C)cc1. The molecule has 270 valence electrons. The maximum atomic E-state index is 2.59. The van der Waals surface area contributed by atoms with Crippen LogP contribution in [0.3, 0.4) is 0 Å². The molecule has 2 aliphatic rings. The minimum Gasteiger partial charge on any atom is -0.311 e. The molecule has 6 aromatic rings. The van der Waals surface area contributed by atoms with Crippen molar-refractivity contribution in [1.29, 1.82) is 0 Å². The van der Waals surface area contributed by atoms with Crippen LogP contribution < -0.4 is 26.2 Å². The van der Waals surface area contributed by atoms with E-state index in [1.807, 2.05) is 11.3 Å². The van der Waals surface area contributed by atoms with Gasteiger partial charge < -0.3 is 9.80 Å². The van der Waals surface area contributed by atoms with Crippen LogP contribution in [0.5, 0.6) is 0 Å². The summed E-state index contributed by atoms with van der Waals surface area (Å²) in [5.41, 5.74) is 17.4. The molecule has 0 aliphatic carbocycles. The first-order valence-corrected chi connectivity index (χ1v) is 20.2. The number of fused-ring (bicyclic) bond motifs is 6. The van der Waals surface area contributed by atoms with Crippen molar-refractivity contribution in [1.82, 2.24) is 0 Å². The summed E-state index contributed by atoms with van der Waals surface area (Å²) in [4.78, 5) is 5.14. The maximum absolute atomic E-state index is 2.59. The summed E-state index contributed by atoms with van der Waals surface area (Å²) in [7, 11) is 0. The monoisotopic (exact) mass is 714 g/mol. The number of benzene rings is 5. The summed E-state index contributed by atoms with van der Waals surface area (Å²) in [6, 6.07) is 38.1. The van der Waals surface area contributed by atoms with Gasteiger partial charge in [0.15, 0.2) is 0 Å². The van der Waals surface area contributed by atoms with Gasteiger partial charge in [-0.25, -0.2) is 0 Å². The largest absolute Gasteiger partial charge is 0.311 e. The molecule has 53 heavy (non-hydrogen) atoms. The van der Waals surface area contributed by atoms with Crippen LogP contribution in [0.2, 0.25) is 0 Å². The Balaban J connectivity index is 1.48. The highest BCUT2D eigenvalue weighted by atomic mass is 32.1. The second kappa shape index (κ2) is 11.9. The van der Waals surface area contributed by atoms with Crippen LogP contribution in [0.4, 0.5) is 33.4 Å². The van der Waals surface area contributed by atoms with Crippen LogP contribution in [0.1, 0.15) is 111 Å². The maximum Gasteiger partial charge on any atom is 0.254 e. The fourth-order valence-corrected chi connectivity index (χ4v) is 9.60. The zero-order chi connectivity index (χ0) is 38.0. The fraction of sp³-hybridized carbons (Fsp3) is 0.347. The van der Waals surface area contributed by atoms with Crippen molar-refractivity contribution in [3.05, 3.63) is 125 Å². The molecule has 0 radical (unpaired) electrons. The number of rotatable bonds is 2. The molecule has 3 heterocycles. The first kappa shape index (κ1) is 35.7. The van der Waals surface area contributed by atoms with Crippen molar-refractivity contribution >= 4 is 78.0 Å². The molecule has 2 aliphatic heterocycles. The Morgan fingerprint density at radius 2 is 0.906 bits per heavy atom. The summed E-state index contributed by atoms with van der Waals surface area (Å²) in [6.45, 7) is 30.2. The van der Waals surface area contributed by atoms with E-state index in [4.69, 9.17) is 0 Å². The molecular formula is C49H55BN2S. The van der Waals surface area contributed by atoms with Gasteiger partial charge in [0.1, 0.15) is 0 Å². The van der Waals surface area contributed by atoms with Gasteiger partial charge in [0.25, 0.3) is 6.71 Å². The smallest absolute Gasteiger partial charge is 0.254 e. The van der Waals surface area contributed by atoms with E-state index in [1.54, 1.807) is 0 Å². The second-order valence-corrected chi connectivity index (χ2v) is 20.8. The highest BCUT2D eigenvalue weighted by Gasteiger charge is 2.46. The standard InChI is InChI=1S/C49H55BN2S/c1-30-26-40-44-41(27-30)52(36-22-16-32(17-23-36)47(5,6)7)45-43(37-28-33(48(8,9)10)19-25-42(37)53-45)50(44)38-29-34(49(11,12)13)18-24-39(38)51(40)35-20-14-31(15-21-35)46(2,3)4/h14-29H,1-13H3. The van der Waals surface area contributed by atoms with Gasteiger partial charge in [-0.15, -0.1) is 11.3 Å². The van der Waals surface area contributed by atoms with E-state index in [9.17, 15) is 0 Å². The Bertz CT molecular complexity index is 2390. The van der Waals surface area contributed by atoms with E-state index >= 15 is 0 Å². The lowest BCUT2D eigenvalue weighted by molar-refractivity contribution is 0.590. The molecule has 0 saturated carbocycles. The van der Waals surface area contributed by atoms with Crippen LogP contribution in [-0.2, 0) is 21.7 Å². The van der Waals surface area contributed by atoms with Gasteiger partial charge in [0.2, 0.25) is 0 Å². The zero-order valence-corrected chi connectivity index (χ0v) is 34.9. The lowest BCUT2D eigenvalue weighted by Crippen LogP contribution is -2.61. The Morgan fingerprint density at radius 3 is 1.43 bits per heavy atom. The normalized spacial score (nSPS) is 14.4. The van der Waals surface area contributed by atoms with Crippen molar-refractivity contribution in [2.45, 2.75) is 112 Å². The highest BCUT2D eigenvalue weighted by Crippen LogP contribution is 2.49. The summed E-state index contributed by atoms with van der Waals surface area (Å²) in [5.74, 6) is 0. The molecule has 2 nitrogen and oxygen atoms in total. The third kappa shape index (κ3) is 5.93. The molecule has 4 heteroatoms. The van der Waals surface area contributed by atoms with Crippen LogP contribution in [0, 0.1) is 6.92 Å². The minimum absolute atomic E-state index is 0.0129. The van der Waals surface area contributed by atoms with Crippen LogP contribution in [0.25, 0.3) is 10.1 Å². The van der Waals surface area contributed by atoms with Gasteiger partial charge in [0, 0.05) is 33.1 Å². The molecule has 0 unspecified atom stereocenters. The molecule has 5 aromatic carbocycles. The molecule has 0 spiro atoms. The summed E-state index contributed by atoms with van der Waals surface area (Å²) < 4.78 is 1.35. The van der Waals surface area contributed by atoms with Crippen molar-refractivity contribution in [2.75, 3.05) is 9.80 Å². The van der Waals surface area contributed by atoms with Crippen molar-refractivity contribution < 1.29 is 0 Å². The molecule has 0 saturated heterocycles. The number of aryl methyl sites for hydroxylation is 1. The van der Waals surface area contributed by atoms with Gasteiger partial charge in [-0.1, -0.05) is 132 Å². The highest BCUT2D eigenvalue weighted by molar-refractivity contribution is 7.26. The van der Waals surface area contributed by atoms with Gasteiger partial charge in [-0.2, -0.15) is 0 Å². The second-order valence-electron chi connectivity index (χ2n) is 19.7. The molecule has 0 fully saturated rings. The minimum atomic E-state index is 0.0129. The van der Waals surface area contributed by atoms with Crippen molar-refractivity contribution in [3.8, 4) is 0 Å². The van der Waals surface area contributed by atoms with Crippen LogP contribution in [0.15, 0.2) is 97.1 Å². The molecule has 1 aromatic heterocycles. The predicted octanol–water partition coefficient (Wildman–Crippen LogP) is 12.5. The van der Waals surface area contributed by atoms with Crippen LogP contribution in [-0.4, -0.2) is 6.71 Å². The van der Waals surface area contributed by atoms with Gasteiger partial charge in [-0.3, -0.25) is 0 Å². The van der Waals surface area contributed by atoms with E-state index in [0.717, 1.165) is 0 Å². The number of thiophene rings is 1. The van der Waals surface area contributed by atoms with E-state index in [-0.39, 0.29) is 28.4 Å². The summed E-state index contributed by atoms with van der Waals surface area (Å²) in [5, 5.41) is 2.71. The quantitative estimate of drug-likeness (QED) is 0.165. The van der Waals surface area contributed by atoms with Gasteiger partial charge in [0.05, 0.1) is 5.00 Å². The average Bonchev–Trinajstić information content (AvgIpc) is 3.45. The number of hydrogen-bond donors (Lipinski definition) is 0. The van der Waals surface area contributed by atoms with Gasteiger partial charge >= 0.3 is 0 Å². The molecular weight excluding hydrogens is 659 g/mol. The lowest BCUT2D eigenvalue weighted by Gasteiger charge is -2.44. The molecule has 0 N–H and O–H groups in total. The topological polar surface area (TPSA) is 6.48 Å². The van der Waals surface area contributed by atoms with Crippen molar-refractivity contribution in [2.24, 2.45) is 0 Å². The predicted molar refractivity (Wildman–Crippen MR) is 235 cm³/mol. The van der Waals surface area contributed by atoms with E-state index in [0.29, 0.717) is 0 Å². The summed E-state index contributed by atoms with van der Waals surface area (Å²) in [6.07, 6.45) is 0. The Kier molecular flexibility index (Phi) is 8.00. The Hall–Kier alpha value is -4.28.